The second kappa shape index (κ2) is 12.4. The van der Waals surface area contributed by atoms with E-state index in [0.717, 1.165) is 61.7 Å². The molecule has 1 aliphatic heterocycles. The summed E-state index contributed by atoms with van der Waals surface area (Å²) in [6, 6.07) is 23.8. The van der Waals surface area contributed by atoms with Crippen LogP contribution in [0, 0.1) is 6.92 Å². The van der Waals surface area contributed by atoms with Crippen molar-refractivity contribution in [1.29, 1.82) is 0 Å². The number of halogens is 3. The van der Waals surface area contributed by atoms with Gasteiger partial charge in [0.1, 0.15) is 5.82 Å². The van der Waals surface area contributed by atoms with Crippen LogP contribution in [0.4, 0.5) is 13.2 Å². The van der Waals surface area contributed by atoms with E-state index in [4.69, 9.17) is 20.0 Å². The number of carboxylic acids is 1. The van der Waals surface area contributed by atoms with Crippen LogP contribution in [0.2, 0.25) is 0 Å². The highest BCUT2D eigenvalue weighted by Gasteiger charge is 2.38. The molecule has 0 radical (unpaired) electrons. The Morgan fingerprint density at radius 2 is 1.44 bits per heavy atom. The molecule has 0 atom stereocenters. The highest BCUT2D eigenvalue weighted by Crippen LogP contribution is 2.26. The molecule has 0 amide bonds. The van der Waals surface area contributed by atoms with Gasteiger partial charge in [-0.2, -0.15) is 13.2 Å². The van der Waals surface area contributed by atoms with E-state index in [1.807, 2.05) is 0 Å². The minimum absolute atomic E-state index is 0.250. The zero-order valence-electron chi connectivity index (χ0n) is 21.6. The number of piperazine rings is 1. The molecule has 1 fully saturated rings. The van der Waals surface area contributed by atoms with E-state index in [2.05, 4.69) is 88.4 Å². The number of alkyl halides is 3. The fraction of sp³-hybridized carbons (Fsp3) is 0.310. The number of aromatic amines is 1. The van der Waals surface area contributed by atoms with Gasteiger partial charge < -0.3 is 15.2 Å². The number of para-hydroxylation sites is 1. The van der Waals surface area contributed by atoms with Crippen molar-refractivity contribution in [1.82, 2.24) is 19.8 Å². The minimum Gasteiger partial charge on any atom is -0.475 e. The van der Waals surface area contributed by atoms with Crippen molar-refractivity contribution in [2.24, 2.45) is 0 Å². The lowest BCUT2D eigenvalue weighted by molar-refractivity contribution is -0.192. The summed E-state index contributed by atoms with van der Waals surface area (Å²) in [6.07, 6.45) is -5.08. The molecule has 0 unspecified atom stereocenters. The lowest BCUT2D eigenvalue weighted by atomic mass is 10.0. The third-order valence-electron chi connectivity index (χ3n) is 6.69. The van der Waals surface area contributed by atoms with E-state index in [9.17, 15) is 13.2 Å². The number of aliphatic carboxylic acids is 1. The number of nitrogens with one attached hydrogen (secondary N) is 1. The van der Waals surface area contributed by atoms with Crippen LogP contribution >= 0.6 is 0 Å². The quantitative estimate of drug-likeness (QED) is 0.321. The predicted molar refractivity (Wildman–Crippen MR) is 144 cm³/mol. The molecule has 1 aliphatic rings. The average molecular weight is 541 g/mol. The Labute approximate surface area is 224 Å². The summed E-state index contributed by atoms with van der Waals surface area (Å²) in [5.41, 5.74) is 8.19. The smallest absolute Gasteiger partial charge is 0.475 e. The average Bonchev–Trinajstić information content (AvgIpc) is 3.36. The molecule has 0 spiro atoms. The summed E-state index contributed by atoms with van der Waals surface area (Å²) in [6.45, 7) is 8.31. The molecule has 39 heavy (non-hydrogen) atoms. The summed E-state index contributed by atoms with van der Waals surface area (Å²) >= 11 is 0. The monoisotopic (exact) mass is 540 g/mol. The Morgan fingerprint density at radius 1 is 0.897 bits per heavy atom. The summed E-state index contributed by atoms with van der Waals surface area (Å²) in [4.78, 5) is 21.9. The number of β-amino-alcohol motifs (C(OH)–C–C–N with tert-alkyl or cyclic N) is 1. The Hall–Kier alpha value is -3.73. The lowest BCUT2D eigenvalue weighted by Crippen LogP contribution is -2.46. The number of hydrogen-bond donors (Lipinski definition) is 3. The predicted octanol–water partition coefficient (Wildman–Crippen LogP) is 4.95. The minimum atomic E-state index is -5.08. The van der Waals surface area contributed by atoms with E-state index < -0.39 is 12.1 Å². The van der Waals surface area contributed by atoms with Gasteiger partial charge in [0.05, 0.1) is 17.6 Å². The third-order valence-corrected chi connectivity index (χ3v) is 6.69. The highest BCUT2D eigenvalue weighted by atomic mass is 19.4. The van der Waals surface area contributed by atoms with Gasteiger partial charge in [-0.3, -0.25) is 9.80 Å². The van der Waals surface area contributed by atoms with Crippen molar-refractivity contribution in [3.05, 3.63) is 77.9 Å². The Morgan fingerprint density at radius 3 is 1.97 bits per heavy atom. The normalized spacial score (nSPS) is 14.7. The van der Waals surface area contributed by atoms with Crippen LogP contribution in [-0.4, -0.2) is 81.5 Å². The molecule has 1 saturated heterocycles. The van der Waals surface area contributed by atoms with Crippen molar-refractivity contribution in [2.45, 2.75) is 19.6 Å². The van der Waals surface area contributed by atoms with Crippen molar-refractivity contribution in [2.75, 3.05) is 39.3 Å². The van der Waals surface area contributed by atoms with Crippen LogP contribution in [0.1, 0.15) is 11.1 Å². The molecule has 7 nitrogen and oxygen atoms in total. The second-order valence-corrected chi connectivity index (χ2v) is 9.48. The summed E-state index contributed by atoms with van der Waals surface area (Å²) in [7, 11) is 0. The number of hydrogen-bond acceptors (Lipinski definition) is 5. The molecular weight excluding hydrogens is 509 g/mol. The number of imidazole rings is 1. The van der Waals surface area contributed by atoms with E-state index in [1.165, 1.54) is 22.3 Å². The van der Waals surface area contributed by atoms with Gasteiger partial charge in [-0.15, -0.1) is 0 Å². The maximum Gasteiger partial charge on any atom is 0.490 e. The van der Waals surface area contributed by atoms with Crippen molar-refractivity contribution >= 4 is 17.0 Å². The number of aromatic nitrogens is 2. The third kappa shape index (κ3) is 7.44. The van der Waals surface area contributed by atoms with Gasteiger partial charge in [0.2, 0.25) is 0 Å². The van der Waals surface area contributed by atoms with Gasteiger partial charge in [0.15, 0.2) is 0 Å². The van der Waals surface area contributed by atoms with Gasteiger partial charge in [-0.05, 0) is 35.2 Å². The fourth-order valence-corrected chi connectivity index (χ4v) is 4.51. The van der Waals surface area contributed by atoms with Crippen LogP contribution in [0.25, 0.3) is 33.5 Å². The first-order valence-corrected chi connectivity index (χ1v) is 12.6. The first-order chi connectivity index (χ1) is 18.6. The van der Waals surface area contributed by atoms with Crippen LogP contribution in [0.15, 0.2) is 66.7 Å². The molecular formula is C29H31F3N4O3. The van der Waals surface area contributed by atoms with Gasteiger partial charge in [-0.1, -0.05) is 60.7 Å². The van der Waals surface area contributed by atoms with E-state index >= 15 is 0 Å². The Balaban J connectivity index is 0.000000448. The Bertz CT molecular complexity index is 1380. The summed E-state index contributed by atoms with van der Waals surface area (Å²) in [5, 5.41) is 16.2. The van der Waals surface area contributed by atoms with Crippen molar-refractivity contribution < 1.29 is 28.2 Å². The topological polar surface area (TPSA) is 92.7 Å². The SMILES string of the molecule is Cc1cccc2[nH]c(-c3ccc(-c4ccc(CN5CCN(CCO)CC5)cc4)cc3)nc12.O=C(O)C(F)(F)F. The van der Waals surface area contributed by atoms with Crippen molar-refractivity contribution in [3.63, 3.8) is 0 Å². The number of carboxylic acid groups (broad SMARTS) is 1. The number of aliphatic hydroxyl groups excluding tert-OH is 1. The van der Waals surface area contributed by atoms with Gasteiger partial charge in [0, 0.05) is 44.8 Å². The molecule has 0 bridgehead atoms. The molecule has 5 rings (SSSR count). The zero-order chi connectivity index (χ0) is 28.0. The van der Waals surface area contributed by atoms with Crippen LogP contribution < -0.4 is 0 Å². The number of nitrogens with zero attached hydrogens (tertiary/aromatic N) is 3. The molecule has 1 aromatic heterocycles. The standard InChI is InChI=1S/C27H30N4O.C2HF3O2/c1-20-3-2-4-25-26(20)29-27(28-25)24-11-9-23(10-12-24)22-7-5-21(6-8-22)19-31-15-13-30(14-16-31)17-18-32;3-2(4,5)1(6)7/h2-12,32H,13-19H2,1H3,(H,28,29);(H,6,7). The van der Waals surface area contributed by atoms with Crippen LogP contribution in [-0.2, 0) is 11.3 Å². The molecule has 0 saturated carbocycles. The number of fused-ring (bicyclic) bond motifs is 1. The summed E-state index contributed by atoms with van der Waals surface area (Å²) in [5.74, 6) is -1.84. The molecule has 4 aromatic rings. The van der Waals surface area contributed by atoms with Crippen LogP contribution in [0.5, 0.6) is 0 Å². The molecule has 2 heterocycles. The van der Waals surface area contributed by atoms with E-state index in [0.29, 0.717) is 0 Å². The fourth-order valence-electron chi connectivity index (χ4n) is 4.51. The summed E-state index contributed by atoms with van der Waals surface area (Å²) < 4.78 is 31.7. The lowest BCUT2D eigenvalue weighted by Gasteiger charge is -2.34. The van der Waals surface area contributed by atoms with Gasteiger partial charge in [0.25, 0.3) is 0 Å². The van der Waals surface area contributed by atoms with E-state index in [-0.39, 0.29) is 6.61 Å². The first-order valence-electron chi connectivity index (χ1n) is 12.6. The number of benzene rings is 3. The maximum absolute atomic E-state index is 10.6. The number of aliphatic hydroxyl groups is 1. The second-order valence-electron chi connectivity index (χ2n) is 9.48. The molecule has 0 aliphatic carbocycles. The zero-order valence-corrected chi connectivity index (χ0v) is 21.6. The number of aryl methyl sites for hydroxylation is 1. The highest BCUT2D eigenvalue weighted by molar-refractivity contribution is 5.82. The number of carbonyl (C=O) groups is 1. The molecule has 206 valence electrons. The van der Waals surface area contributed by atoms with Crippen LogP contribution in [0.3, 0.4) is 0 Å². The van der Waals surface area contributed by atoms with E-state index in [1.54, 1.807) is 0 Å². The molecule has 3 N–H and O–H groups in total. The molecule has 3 aromatic carbocycles. The first kappa shape index (κ1) is 28.3. The maximum atomic E-state index is 10.6. The van der Waals surface area contributed by atoms with Gasteiger partial charge >= 0.3 is 12.1 Å². The van der Waals surface area contributed by atoms with Gasteiger partial charge in [-0.25, -0.2) is 9.78 Å². The number of rotatable bonds is 6. The number of H-pyrrole nitrogens is 1. The molecule has 10 heteroatoms. The van der Waals surface area contributed by atoms with Crippen molar-refractivity contribution in [3.8, 4) is 22.5 Å². The Kier molecular flexibility index (Phi) is 9.01. The largest absolute Gasteiger partial charge is 0.490 e.